The monoisotopic (exact) mass is 325 g/mol. The molecule has 2 atom stereocenters. The molecule has 0 unspecified atom stereocenters. The van der Waals surface area contributed by atoms with Crippen molar-refractivity contribution >= 4 is 23.3 Å². The van der Waals surface area contributed by atoms with E-state index in [1.807, 2.05) is 36.4 Å². The Morgan fingerprint density at radius 2 is 2.13 bits per heavy atom. The first-order chi connectivity index (χ1) is 11.2. The summed E-state index contributed by atoms with van der Waals surface area (Å²) < 4.78 is 5.51. The van der Waals surface area contributed by atoms with Crippen LogP contribution in [-0.4, -0.2) is 25.3 Å². The van der Waals surface area contributed by atoms with E-state index in [4.69, 9.17) is 5.10 Å². The van der Waals surface area contributed by atoms with Crippen molar-refractivity contribution in [3.05, 3.63) is 53.2 Å². The van der Waals surface area contributed by atoms with Crippen LogP contribution in [0.4, 0.5) is 5.82 Å². The van der Waals surface area contributed by atoms with Gasteiger partial charge in [-0.05, 0) is 36.0 Å². The number of amides is 1. The third-order valence-corrected chi connectivity index (χ3v) is 4.71. The number of hydrogen-bond donors (Lipinski definition) is 1. The molecule has 2 aromatic heterocycles. The SMILES string of the molecule is C[C@@H]1C[C@@H]1c1cc(NC(=O)c2cnns2)n(-c2ccccc2)n1. The van der Waals surface area contributed by atoms with Gasteiger partial charge in [0.1, 0.15) is 10.7 Å². The van der Waals surface area contributed by atoms with Crippen molar-refractivity contribution in [3.63, 3.8) is 0 Å². The lowest BCUT2D eigenvalue weighted by Crippen LogP contribution is -2.13. The Kier molecular flexibility index (Phi) is 3.42. The molecule has 0 radical (unpaired) electrons. The number of rotatable bonds is 4. The van der Waals surface area contributed by atoms with Crippen LogP contribution >= 0.6 is 11.5 Å². The van der Waals surface area contributed by atoms with Gasteiger partial charge in [-0.15, -0.1) is 5.10 Å². The van der Waals surface area contributed by atoms with Crippen LogP contribution in [0.1, 0.15) is 34.6 Å². The zero-order valence-electron chi connectivity index (χ0n) is 12.5. The third-order valence-electron chi connectivity index (χ3n) is 4.05. The molecular formula is C16H15N5OS. The number of para-hydroxylation sites is 1. The van der Waals surface area contributed by atoms with Gasteiger partial charge in [0, 0.05) is 12.0 Å². The van der Waals surface area contributed by atoms with E-state index < -0.39 is 0 Å². The lowest BCUT2D eigenvalue weighted by molar-refractivity contribution is 0.102. The van der Waals surface area contributed by atoms with Crippen LogP contribution in [0.2, 0.25) is 0 Å². The highest BCUT2D eigenvalue weighted by atomic mass is 32.1. The Labute approximate surface area is 137 Å². The lowest BCUT2D eigenvalue weighted by Gasteiger charge is -2.07. The fraction of sp³-hybridized carbons (Fsp3) is 0.250. The van der Waals surface area contributed by atoms with Gasteiger partial charge in [-0.2, -0.15) is 5.10 Å². The van der Waals surface area contributed by atoms with Gasteiger partial charge >= 0.3 is 0 Å². The smallest absolute Gasteiger partial charge is 0.270 e. The summed E-state index contributed by atoms with van der Waals surface area (Å²) in [4.78, 5) is 12.8. The molecule has 1 aliphatic carbocycles. The highest BCUT2D eigenvalue weighted by Gasteiger charge is 2.36. The van der Waals surface area contributed by atoms with Gasteiger partial charge in [-0.25, -0.2) is 4.68 Å². The number of benzene rings is 1. The normalized spacial score (nSPS) is 19.5. The second-order valence-corrected chi connectivity index (χ2v) is 6.54. The van der Waals surface area contributed by atoms with Gasteiger partial charge in [0.25, 0.3) is 5.91 Å². The molecule has 4 rings (SSSR count). The van der Waals surface area contributed by atoms with Gasteiger partial charge in [-0.1, -0.05) is 29.6 Å². The summed E-state index contributed by atoms with van der Waals surface area (Å²) in [5.74, 6) is 1.60. The van der Waals surface area contributed by atoms with Gasteiger partial charge in [0.2, 0.25) is 0 Å². The first-order valence-electron chi connectivity index (χ1n) is 7.46. The molecule has 116 valence electrons. The van der Waals surface area contributed by atoms with Crippen molar-refractivity contribution in [2.24, 2.45) is 5.92 Å². The first kappa shape index (κ1) is 14.1. The minimum absolute atomic E-state index is 0.215. The van der Waals surface area contributed by atoms with E-state index in [-0.39, 0.29) is 5.91 Å². The van der Waals surface area contributed by atoms with E-state index in [0.717, 1.165) is 29.3 Å². The van der Waals surface area contributed by atoms with Crippen LogP contribution in [0.5, 0.6) is 0 Å². The van der Waals surface area contributed by atoms with Crippen molar-refractivity contribution in [2.45, 2.75) is 19.3 Å². The molecule has 1 saturated carbocycles. The molecular weight excluding hydrogens is 310 g/mol. The second-order valence-electron chi connectivity index (χ2n) is 5.76. The number of nitrogens with one attached hydrogen (secondary N) is 1. The minimum Gasteiger partial charge on any atom is -0.306 e. The highest BCUT2D eigenvalue weighted by molar-refractivity contribution is 7.07. The van der Waals surface area contributed by atoms with Crippen molar-refractivity contribution in [1.29, 1.82) is 0 Å². The van der Waals surface area contributed by atoms with Crippen LogP contribution in [0.3, 0.4) is 0 Å². The number of aromatic nitrogens is 4. The fourth-order valence-corrected chi connectivity index (χ4v) is 3.03. The first-order valence-corrected chi connectivity index (χ1v) is 8.24. The largest absolute Gasteiger partial charge is 0.306 e. The third kappa shape index (κ3) is 2.75. The zero-order chi connectivity index (χ0) is 15.8. The predicted octanol–water partition coefficient (Wildman–Crippen LogP) is 3.10. The van der Waals surface area contributed by atoms with E-state index in [9.17, 15) is 4.79 Å². The van der Waals surface area contributed by atoms with Crippen molar-refractivity contribution in [2.75, 3.05) is 5.32 Å². The maximum Gasteiger partial charge on any atom is 0.270 e. The second kappa shape index (κ2) is 5.58. The molecule has 1 aliphatic rings. The summed E-state index contributed by atoms with van der Waals surface area (Å²) in [6.45, 7) is 2.22. The van der Waals surface area contributed by atoms with Crippen LogP contribution < -0.4 is 5.32 Å². The fourth-order valence-electron chi connectivity index (χ4n) is 2.62. The molecule has 2 heterocycles. The van der Waals surface area contributed by atoms with E-state index >= 15 is 0 Å². The average Bonchev–Trinajstić information content (AvgIpc) is 2.99. The van der Waals surface area contributed by atoms with E-state index in [1.54, 1.807) is 4.68 Å². The summed E-state index contributed by atoms with van der Waals surface area (Å²) >= 11 is 1.07. The van der Waals surface area contributed by atoms with Gasteiger partial charge < -0.3 is 5.32 Å². The van der Waals surface area contributed by atoms with Crippen molar-refractivity contribution in [1.82, 2.24) is 19.4 Å². The molecule has 23 heavy (non-hydrogen) atoms. The van der Waals surface area contributed by atoms with E-state index in [2.05, 4.69) is 21.8 Å². The molecule has 1 aromatic carbocycles. The zero-order valence-corrected chi connectivity index (χ0v) is 13.3. The molecule has 1 N–H and O–H groups in total. The Morgan fingerprint density at radius 3 is 2.78 bits per heavy atom. The maximum atomic E-state index is 12.3. The number of anilines is 1. The number of carbonyl (C=O) groups excluding carboxylic acids is 1. The molecule has 0 saturated heterocycles. The maximum absolute atomic E-state index is 12.3. The van der Waals surface area contributed by atoms with E-state index in [1.165, 1.54) is 6.20 Å². The van der Waals surface area contributed by atoms with Gasteiger partial charge in [0.05, 0.1) is 17.6 Å². The standard InChI is InChI=1S/C16H15N5OS/c1-10-7-12(10)13-8-15(18-16(22)14-9-17-20-23-14)21(19-13)11-5-3-2-4-6-11/h2-6,8-10,12H,7H2,1H3,(H,18,22)/t10-,12+/m1/s1. The van der Waals surface area contributed by atoms with Crippen LogP contribution in [-0.2, 0) is 0 Å². The molecule has 6 nitrogen and oxygen atoms in total. The summed E-state index contributed by atoms with van der Waals surface area (Å²) in [5.41, 5.74) is 1.95. The Balaban J connectivity index is 1.69. The minimum atomic E-state index is -0.215. The Morgan fingerprint density at radius 1 is 1.35 bits per heavy atom. The lowest BCUT2D eigenvalue weighted by atomic mass is 10.2. The van der Waals surface area contributed by atoms with Crippen LogP contribution in [0.15, 0.2) is 42.6 Å². The number of nitrogens with zero attached hydrogens (tertiary/aromatic N) is 4. The van der Waals surface area contributed by atoms with Crippen molar-refractivity contribution < 1.29 is 4.79 Å². The van der Waals surface area contributed by atoms with Gasteiger partial charge in [-0.3, -0.25) is 4.79 Å². The molecule has 1 amide bonds. The quantitative estimate of drug-likeness (QED) is 0.800. The summed E-state index contributed by atoms with van der Waals surface area (Å²) in [7, 11) is 0. The summed E-state index contributed by atoms with van der Waals surface area (Å²) in [5, 5.41) is 11.3. The topological polar surface area (TPSA) is 72.7 Å². The summed E-state index contributed by atoms with van der Waals surface area (Å²) in [6, 6.07) is 11.8. The molecule has 0 bridgehead atoms. The van der Waals surface area contributed by atoms with Crippen molar-refractivity contribution in [3.8, 4) is 5.69 Å². The molecule has 0 spiro atoms. The summed E-state index contributed by atoms with van der Waals surface area (Å²) in [6.07, 6.45) is 2.62. The highest BCUT2D eigenvalue weighted by Crippen LogP contribution is 2.47. The number of carbonyl (C=O) groups is 1. The van der Waals surface area contributed by atoms with Gasteiger partial charge in [0.15, 0.2) is 0 Å². The van der Waals surface area contributed by atoms with Crippen LogP contribution in [0, 0.1) is 5.92 Å². The molecule has 3 aromatic rings. The molecule has 0 aliphatic heterocycles. The average molecular weight is 325 g/mol. The molecule has 1 fully saturated rings. The Hall–Kier alpha value is -2.54. The van der Waals surface area contributed by atoms with E-state index in [0.29, 0.717) is 22.5 Å². The van der Waals surface area contributed by atoms with Crippen LogP contribution in [0.25, 0.3) is 5.69 Å². The molecule has 7 heteroatoms. The Bertz CT molecular complexity index is 828. The number of hydrogen-bond acceptors (Lipinski definition) is 5. The predicted molar refractivity (Wildman–Crippen MR) is 87.9 cm³/mol.